The van der Waals surface area contributed by atoms with E-state index in [4.69, 9.17) is 10.5 Å². The second-order valence-electron chi connectivity index (χ2n) is 4.58. The molecule has 0 saturated carbocycles. The van der Waals surface area contributed by atoms with Crippen molar-refractivity contribution in [2.75, 3.05) is 20.2 Å². The van der Waals surface area contributed by atoms with Crippen LogP contribution in [0.5, 0.6) is 0 Å². The molecular weight excluding hydrogens is 432 g/mol. The van der Waals surface area contributed by atoms with E-state index in [0.29, 0.717) is 34.6 Å². The molecule has 2 unspecified atom stereocenters. The van der Waals surface area contributed by atoms with Gasteiger partial charge in [-0.1, -0.05) is 0 Å². The van der Waals surface area contributed by atoms with Gasteiger partial charge in [-0.3, -0.25) is 0 Å². The summed E-state index contributed by atoms with van der Waals surface area (Å²) in [6, 6.07) is 1.41. The van der Waals surface area contributed by atoms with Crippen molar-refractivity contribution in [2.45, 2.75) is 29.9 Å². The topological polar surface area (TPSA) is 72.6 Å². The van der Waals surface area contributed by atoms with Crippen LogP contribution in [0.4, 0.5) is 0 Å². The van der Waals surface area contributed by atoms with Gasteiger partial charge in [0.2, 0.25) is 10.0 Å². The molecule has 0 radical (unpaired) electrons. The lowest BCUT2D eigenvalue weighted by molar-refractivity contribution is 0.0401. The van der Waals surface area contributed by atoms with Crippen molar-refractivity contribution in [3.8, 4) is 0 Å². The first-order valence-corrected chi connectivity index (χ1v) is 9.94. The summed E-state index contributed by atoms with van der Waals surface area (Å²) in [6.45, 7) is 0.727. The average Bonchev–Trinajstić information content (AvgIpc) is 2.77. The Hall–Kier alpha value is 0.490. The Morgan fingerprint density at radius 2 is 2.25 bits per heavy atom. The van der Waals surface area contributed by atoms with Crippen LogP contribution in [0.1, 0.15) is 12.8 Å². The first-order valence-electron chi connectivity index (χ1n) is 6.09. The molecule has 1 aromatic heterocycles. The van der Waals surface area contributed by atoms with Gasteiger partial charge >= 0.3 is 0 Å². The molecule has 2 heterocycles. The summed E-state index contributed by atoms with van der Waals surface area (Å²) in [6.07, 6.45) is 1.40. The van der Waals surface area contributed by atoms with Crippen LogP contribution < -0.4 is 5.73 Å². The fourth-order valence-electron chi connectivity index (χ4n) is 2.36. The number of nitrogens with zero attached hydrogens (tertiary/aromatic N) is 1. The fraction of sp³-hybridized carbons (Fsp3) is 0.636. The Labute approximate surface area is 139 Å². The molecule has 1 aliphatic heterocycles. The summed E-state index contributed by atoms with van der Waals surface area (Å²) >= 11 is 7.97. The summed E-state index contributed by atoms with van der Waals surface area (Å²) in [5, 5.41) is 0. The maximum Gasteiger partial charge on any atom is 0.245 e. The molecule has 1 aliphatic rings. The number of hydrogen-bond acceptors (Lipinski definition) is 5. The normalized spacial score (nSPS) is 25.0. The highest BCUT2D eigenvalue weighted by atomic mass is 79.9. The number of methoxy groups -OCH3 is 1. The minimum Gasteiger partial charge on any atom is -0.381 e. The Bertz CT molecular complexity index is 576. The SMILES string of the molecule is COC1CCN(S(=O)(=O)c2cc(Br)sc2Br)C(CN)C1. The summed E-state index contributed by atoms with van der Waals surface area (Å²) < 4.78 is 33.8. The molecule has 2 rings (SSSR count). The van der Waals surface area contributed by atoms with E-state index in [1.807, 2.05) is 0 Å². The van der Waals surface area contributed by atoms with Gasteiger partial charge in [-0.15, -0.1) is 11.3 Å². The van der Waals surface area contributed by atoms with Gasteiger partial charge in [-0.05, 0) is 50.8 Å². The average molecular weight is 448 g/mol. The third kappa shape index (κ3) is 3.29. The number of sulfonamides is 1. The molecule has 20 heavy (non-hydrogen) atoms. The second kappa shape index (κ2) is 6.72. The van der Waals surface area contributed by atoms with Crippen LogP contribution in [-0.2, 0) is 14.8 Å². The van der Waals surface area contributed by atoms with Crippen molar-refractivity contribution in [2.24, 2.45) is 5.73 Å². The Balaban J connectivity index is 2.31. The molecule has 1 aromatic rings. The largest absolute Gasteiger partial charge is 0.381 e. The smallest absolute Gasteiger partial charge is 0.245 e. The quantitative estimate of drug-likeness (QED) is 0.768. The first-order chi connectivity index (χ1) is 9.40. The Kier molecular flexibility index (Phi) is 5.66. The minimum absolute atomic E-state index is 0.0765. The van der Waals surface area contributed by atoms with E-state index in [9.17, 15) is 8.42 Å². The van der Waals surface area contributed by atoms with Gasteiger partial charge in [0.1, 0.15) is 4.90 Å². The number of rotatable bonds is 4. The number of nitrogens with two attached hydrogens (primary N) is 1. The molecule has 0 bridgehead atoms. The molecule has 0 aromatic carbocycles. The van der Waals surface area contributed by atoms with E-state index in [0.717, 1.165) is 3.79 Å². The molecule has 114 valence electrons. The number of thiophene rings is 1. The zero-order chi connectivity index (χ0) is 14.9. The van der Waals surface area contributed by atoms with E-state index in [1.165, 1.54) is 15.6 Å². The van der Waals surface area contributed by atoms with Crippen LogP contribution >= 0.6 is 43.2 Å². The highest BCUT2D eigenvalue weighted by Gasteiger charge is 2.37. The lowest BCUT2D eigenvalue weighted by atomic mass is 10.0. The molecule has 0 amide bonds. The van der Waals surface area contributed by atoms with Crippen LogP contribution in [0.3, 0.4) is 0 Å². The maximum atomic E-state index is 12.8. The van der Waals surface area contributed by atoms with E-state index in [1.54, 1.807) is 13.2 Å². The number of piperidine rings is 1. The monoisotopic (exact) mass is 446 g/mol. The number of hydrogen-bond donors (Lipinski definition) is 1. The van der Waals surface area contributed by atoms with Crippen molar-refractivity contribution in [1.82, 2.24) is 4.31 Å². The number of halogens is 2. The van der Waals surface area contributed by atoms with Crippen molar-refractivity contribution in [3.63, 3.8) is 0 Å². The van der Waals surface area contributed by atoms with Gasteiger partial charge in [0.05, 0.1) is 13.7 Å². The summed E-state index contributed by atoms with van der Waals surface area (Å²) in [7, 11) is -1.89. The zero-order valence-corrected chi connectivity index (χ0v) is 15.7. The molecule has 2 N–H and O–H groups in total. The van der Waals surface area contributed by atoms with E-state index >= 15 is 0 Å². The van der Waals surface area contributed by atoms with Gasteiger partial charge in [-0.2, -0.15) is 4.31 Å². The molecule has 2 atom stereocenters. The molecule has 1 saturated heterocycles. The van der Waals surface area contributed by atoms with Crippen molar-refractivity contribution in [3.05, 3.63) is 13.6 Å². The standard InChI is InChI=1S/C11H16Br2N2O3S2/c1-18-8-2-3-15(7(4-8)6-14)20(16,17)9-5-10(12)19-11(9)13/h5,7-8H,2-4,6,14H2,1H3. The van der Waals surface area contributed by atoms with Crippen LogP contribution in [-0.4, -0.2) is 45.1 Å². The fourth-order valence-corrected chi connectivity index (χ4v) is 7.79. The van der Waals surface area contributed by atoms with Gasteiger partial charge in [-0.25, -0.2) is 8.42 Å². The minimum atomic E-state index is -3.53. The summed E-state index contributed by atoms with van der Waals surface area (Å²) in [4.78, 5) is 0.295. The van der Waals surface area contributed by atoms with Crippen LogP contribution in [0, 0.1) is 0 Å². The van der Waals surface area contributed by atoms with Crippen LogP contribution in [0.25, 0.3) is 0 Å². The predicted octanol–water partition coefficient (Wildman–Crippen LogP) is 2.40. The highest BCUT2D eigenvalue weighted by Crippen LogP contribution is 2.37. The van der Waals surface area contributed by atoms with E-state index in [2.05, 4.69) is 31.9 Å². The lowest BCUT2D eigenvalue weighted by Gasteiger charge is -2.37. The van der Waals surface area contributed by atoms with Crippen LogP contribution in [0.15, 0.2) is 18.5 Å². The maximum absolute atomic E-state index is 12.8. The van der Waals surface area contributed by atoms with Gasteiger partial charge in [0.25, 0.3) is 0 Å². The molecule has 1 fully saturated rings. The molecule has 0 spiro atoms. The second-order valence-corrected chi connectivity index (χ2v) is 10.2. The predicted molar refractivity (Wildman–Crippen MR) is 86.5 cm³/mol. The Morgan fingerprint density at radius 3 is 2.75 bits per heavy atom. The third-order valence-corrected chi connectivity index (χ3v) is 8.14. The highest BCUT2D eigenvalue weighted by molar-refractivity contribution is 9.12. The summed E-state index contributed by atoms with van der Waals surface area (Å²) in [5.74, 6) is 0. The van der Waals surface area contributed by atoms with Crippen molar-refractivity contribution >= 4 is 53.2 Å². The lowest BCUT2D eigenvalue weighted by Crippen LogP contribution is -2.51. The van der Waals surface area contributed by atoms with Crippen molar-refractivity contribution in [1.29, 1.82) is 0 Å². The molecule has 5 nitrogen and oxygen atoms in total. The van der Waals surface area contributed by atoms with E-state index in [-0.39, 0.29) is 12.1 Å². The molecular formula is C11H16Br2N2O3S2. The zero-order valence-electron chi connectivity index (χ0n) is 10.9. The van der Waals surface area contributed by atoms with Gasteiger partial charge in [0.15, 0.2) is 0 Å². The van der Waals surface area contributed by atoms with E-state index < -0.39 is 10.0 Å². The molecule has 9 heteroatoms. The third-order valence-electron chi connectivity index (χ3n) is 3.43. The van der Waals surface area contributed by atoms with Gasteiger partial charge in [0, 0.05) is 26.2 Å². The molecule has 0 aliphatic carbocycles. The Morgan fingerprint density at radius 1 is 1.55 bits per heavy atom. The van der Waals surface area contributed by atoms with Crippen LogP contribution in [0.2, 0.25) is 0 Å². The number of ether oxygens (including phenoxy) is 1. The summed E-state index contributed by atoms with van der Waals surface area (Å²) in [5.41, 5.74) is 5.75. The van der Waals surface area contributed by atoms with Gasteiger partial charge < -0.3 is 10.5 Å². The first kappa shape index (κ1) is 16.9. The van der Waals surface area contributed by atoms with Crippen molar-refractivity contribution < 1.29 is 13.2 Å².